The fraction of sp³-hybridized carbons (Fsp3) is 0.727. The molecule has 1 aromatic heterocycles. The third-order valence-electron chi connectivity index (χ3n) is 6.71. The summed E-state index contributed by atoms with van der Waals surface area (Å²) in [6, 6.07) is 4.28. The molecule has 0 spiro atoms. The molecule has 0 aromatic carbocycles. The number of aliphatic hydroxyl groups is 1. The SMILES string of the molecule is CNC1(CC(=O)NC(C)(C)c2ccnc(OC)c2)CN(C2CCC(C)(O)CC2)C1. The largest absolute Gasteiger partial charge is 0.481 e. The Bertz CT molecular complexity index is 719. The van der Waals surface area contributed by atoms with Crippen LogP contribution in [0.2, 0.25) is 0 Å². The Hall–Kier alpha value is -1.70. The van der Waals surface area contributed by atoms with Crippen molar-refractivity contribution in [3.63, 3.8) is 0 Å². The number of nitrogens with zero attached hydrogens (tertiary/aromatic N) is 2. The van der Waals surface area contributed by atoms with Crippen molar-refractivity contribution in [3.8, 4) is 5.88 Å². The number of methoxy groups -OCH3 is 1. The summed E-state index contributed by atoms with van der Waals surface area (Å²) in [7, 11) is 3.53. The number of amides is 1. The van der Waals surface area contributed by atoms with Gasteiger partial charge in [-0.15, -0.1) is 0 Å². The molecule has 0 unspecified atom stereocenters. The van der Waals surface area contributed by atoms with Gasteiger partial charge in [0.25, 0.3) is 0 Å². The Morgan fingerprint density at radius 3 is 2.62 bits per heavy atom. The molecule has 7 nitrogen and oxygen atoms in total. The number of rotatable bonds is 7. The predicted molar refractivity (Wildman–Crippen MR) is 113 cm³/mol. The molecule has 3 N–H and O–H groups in total. The highest BCUT2D eigenvalue weighted by Gasteiger charge is 2.47. The highest BCUT2D eigenvalue weighted by Crippen LogP contribution is 2.36. The zero-order chi connectivity index (χ0) is 21.3. The van der Waals surface area contributed by atoms with Gasteiger partial charge in [-0.2, -0.15) is 0 Å². The molecule has 1 aromatic rings. The van der Waals surface area contributed by atoms with Crippen molar-refractivity contribution in [2.75, 3.05) is 27.2 Å². The molecule has 0 atom stereocenters. The van der Waals surface area contributed by atoms with Crippen molar-refractivity contribution in [2.45, 2.75) is 75.6 Å². The molecule has 1 aliphatic heterocycles. The van der Waals surface area contributed by atoms with Crippen LogP contribution in [0.15, 0.2) is 18.3 Å². The van der Waals surface area contributed by atoms with Crippen LogP contribution in [0.1, 0.15) is 58.4 Å². The monoisotopic (exact) mass is 404 g/mol. The van der Waals surface area contributed by atoms with Crippen LogP contribution in [-0.2, 0) is 10.3 Å². The number of ether oxygens (including phenoxy) is 1. The first-order valence-electron chi connectivity index (χ1n) is 10.5. The van der Waals surface area contributed by atoms with Gasteiger partial charge in [-0.1, -0.05) is 0 Å². The van der Waals surface area contributed by atoms with E-state index in [0.717, 1.165) is 44.3 Å². The normalized spacial score (nSPS) is 27.2. The van der Waals surface area contributed by atoms with Crippen LogP contribution in [-0.4, -0.2) is 65.3 Å². The predicted octanol–water partition coefficient (Wildman–Crippen LogP) is 1.80. The number of carbonyl (C=O) groups excluding carboxylic acids is 1. The highest BCUT2D eigenvalue weighted by molar-refractivity contribution is 5.78. The van der Waals surface area contributed by atoms with Crippen LogP contribution in [0.3, 0.4) is 0 Å². The molecule has 2 fully saturated rings. The number of hydrogen-bond donors (Lipinski definition) is 3. The van der Waals surface area contributed by atoms with Crippen LogP contribution in [0, 0.1) is 0 Å². The van der Waals surface area contributed by atoms with E-state index >= 15 is 0 Å². The number of nitrogens with one attached hydrogen (secondary N) is 2. The first-order valence-corrected chi connectivity index (χ1v) is 10.5. The molecule has 7 heteroatoms. The van der Waals surface area contributed by atoms with Crippen LogP contribution in [0.25, 0.3) is 0 Å². The smallest absolute Gasteiger partial charge is 0.222 e. The lowest BCUT2D eigenvalue weighted by Crippen LogP contribution is -2.72. The van der Waals surface area contributed by atoms with E-state index in [1.807, 2.05) is 40.0 Å². The third-order valence-corrected chi connectivity index (χ3v) is 6.71. The maximum Gasteiger partial charge on any atom is 0.222 e. The molecule has 0 radical (unpaired) electrons. The second-order valence-corrected chi connectivity index (χ2v) is 9.60. The minimum Gasteiger partial charge on any atom is -0.481 e. The average Bonchev–Trinajstić information content (AvgIpc) is 2.64. The van der Waals surface area contributed by atoms with Gasteiger partial charge >= 0.3 is 0 Å². The van der Waals surface area contributed by atoms with Crippen molar-refractivity contribution in [3.05, 3.63) is 23.9 Å². The molecule has 0 bridgehead atoms. The van der Waals surface area contributed by atoms with Crippen molar-refractivity contribution >= 4 is 5.91 Å². The zero-order valence-corrected chi connectivity index (χ0v) is 18.4. The first-order chi connectivity index (χ1) is 13.6. The Labute approximate surface area is 174 Å². The first kappa shape index (κ1) is 22.0. The summed E-state index contributed by atoms with van der Waals surface area (Å²) >= 11 is 0. The highest BCUT2D eigenvalue weighted by atomic mass is 16.5. The van der Waals surface area contributed by atoms with Gasteiger partial charge < -0.3 is 20.5 Å². The van der Waals surface area contributed by atoms with E-state index in [4.69, 9.17) is 4.74 Å². The van der Waals surface area contributed by atoms with Crippen LogP contribution >= 0.6 is 0 Å². The summed E-state index contributed by atoms with van der Waals surface area (Å²) in [5.41, 5.74) is -0.250. The Balaban J connectivity index is 1.55. The molecule has 1 aliphatic carbocycles. The summed E-state index contributed by atoms with van der Waals surface area (Å²) in [5.74, 6) is 0.573. The van der Waals surface area contributed by atoms with Gasteiger partial charge in [0.15, 0.2) is 0 Å². The topological polar surface area (TPSA) is 86.7 Å². The fourth-order valence-corrected chi connectivity index (χ4v) is 4.62. The standard InChI is InChI=1S/C22H36N4O3/c1-20(2,16-8-11-24-19(12-16)29-5)25-18(27)13-22(23-4)14-26(15-22)17-6-9-21(3,28)10-7-17/h8,11-12,17,23,28H,6-7,9-10,13-15H2,1-5H3,(H,25,27). The van der Waals surface area contributed by atoms with Crippen LogP contribution < -0.4 is 15.4 Å². The van der Waals surface area contributed by atoms with Crippen molar-refractivity contribution in [1.29, 1.82) is 0 Å². The summed E-state index contributed by atoms with van der Waals surface area (Å²) in [5, 5.41) is 16.7. The summed E-state index contributed by atoms with van der Waals surface area (Å²) in [6.45, 7) is 7.65. The molecule has 2 aliphatic rings. The van der Waals surface area contributed by atoms with E-state index in [1.165, 1.54) is 0 Å². The van der Waals surface area contributed by atoms with Crippen molar-refractivity contribution < 1.29 is 14.6 Å². The van der Waals surface area contributed by atoms with E-state index in [9.17, 15) is 9.90 Å². The fourth-order valence-electron chi connectivity index (χ4n) is 4.62. The molecule has 162 valence electrons. The molecule has 1 saturated heterocycles. The van der Waals surface area contributed by atoms with Crippen LogP contribution in [0.4, 0.5) is 0 Å². The molecule has 1 saturated carbocycles. The molecule has 1 amide bonds. The van der Waals surface area contributed by atoms with Crippen molar-refractivity contribution in [2.24, 2.45) is 0 Å². The number of hydrogen-bond acceptors (Lipinski definition) is 6. The second-order valence-electron chi connectivity index (χ2n) is 9.60. The van der Waals surface area contributed by atoms with Gasteiger partial charge in [0.1, 0.15) is 0 Å². The van der Waals surface area contributed by atoms with Crippen LogP contribution in [0.5, 0.6) is 5.88 Å². The van der Waals surface area contributed by atoms with Gasteiger partial charge in [0, 0.05) is 37.8 Å². The Morgan fingerprint density at radius 2 is 2.03 bits per heavy atom. The van der Waals surface area contributed by atoms with Gasteiger partial charge in [0.05, 0.1) is 23.8 Å². The minimum atomic E-state index is -0.513. The lowest BCUT2D eigenvalue weighted by molar-refractivity contribution is -0.127. The average molecular weight is 405 g/mol. The number of aromatic nitrogens is 1. The maximum absolute atomic E-state index is 12.9. The van der Waals surface area contributed by atoms with E-state index < -0.39 is 11.1 Å². The Morgan fingerprint density at radius 1 is 1.38 bits per heavy atom. The number of carbonyl (C=O) groups is 1. The molecular formula is C22H36N4O3. The summed E-state index contributed by atoms with van der Waals surface area (Å²) in [4.78, 5) is 19.5. The van der Waals surface area contributed by atoms with E-state index in [0.29, 0.717) is 18.3 Å². The molecule has 3 rings (SSSR count). The van der Waals surface area contributed by atoms with E-state index in [-0.39, 0.29) is 11.4 Å². The lowest BCUT2D eigenvalue weighted by Gasteiger charge is -2.54. The number of pyridine rings is 1. The number of likely N-dealkylation sites (N-methyl/N-ethyl adjacent to an activating group) is 1. The maximum atomic E-state index is 12.9. The van der Waals surface area contributed by atoms with Gasteiger partial charge in [-0.3, -0.25) is 9.69 Å². The summed E-state index contributed by atoms with van der Waals surface area (Å²) in [6.07, 6.45) is 5.89. The molecule has 29 heavy (non-hydrogen) atoms. The molecular weight excluding hydrogens is 368 g/mol. The van der Waals surface area contributed by atoms with Gasteiger partial charge in [-0.25, -0.2) is 4.98 Å². The van der Waals surface area contributed by atoms with Crippen molar-refractivity contribution in [1.82, 2.24) is 20.5 Å². The van der Waals surface area contributed by atoms with Gasteiger partial charge in [0.2, 0.25) is 11.8 Å². The van der Waals surface area contributed by atoms with E-state index in [2.05, 4.69) is 20.5 Å². The summed E-state index contributed by atoms with van der Waals surface area (Å²) < 4.78 is 5.21. The lowest BCUT2D eigenvalue weighted by atomic mass is 9.78. The molecule has 2 heterocycles. The number of likely N-dealkylation sites (tertiary alicyclic amines) is 1. The van der Waals surface area contributed by atoms with E-state index in [1.54, 1.807) is 13.3 Å². The second kappa shape index (κ2) is 8.20. The van der Waals surface area contributed by atoms with Gasteiger partial charge in [-0.05, 0) is 65.1 Å². The Kier molecular flexibility index (Phi) is 6.22. The zero-order valence-electron chi connectivity index (χ0n) is 18.4. The third kappa shape index (κ3) is 5.08. The quantitative estimate of drug-likeness (QED) is 0.642. The minimum absolute atomic E-state index is 0.0337.